The standard InChI is InChI=1S/C19H23BrN2O4/c1-19(2,3)26-18(23)12-10-15(22)17(11-13(12)20)25-9-8-24-16-7-5-4-6-14(16)21/h4-7,10-11H,8-9,21-22H2,1-3H3. The molecule has 0 aliphatic heterocycles. The van der Waals surface area contributed by atoms with Crippen LogP contribution in [-0.2, 0) is 4.74 Å². The van der Waals surface area contributed by atoms with Crippen LogP contribution in [0.2, 0.25) is 0 Å². The lowest BCUT2D eigenvalue weighted by molar-refractivity contribution is 0.00685. The van der Waals surface area contributed by atoms with Gasteiger partial charge in [0.2, 0.25) is 0 Å². The first kappa shape index (κ1) is 19.9. The van der Waals surface area contributed by atoms with Crippen molar-refractivity contribution in [3.05, 3.63) is 46.4 Å². The van der Waals surface area contributed by atoms with Gasteiger partial charge in [-0.25, -0.2) is 4.79 Å². The number of benzene rings is 2. The van der Waals surface area contributed by atoms with Gasteiger partial charge in [-0.15, -0.1) is 0 Å². The van der Waals surface area contributed by atoms with Crippen LogP contribution in [0.25, 0.3) is 0 Å². The Bertz CT molecular complexity index is 788. The first-order valence-electron chi connectivity index (χ1n) is 8.10. The van der Waals surface area contributed by atoms with Crippen LogP contribution >= 0.6 is 15.9 Å². The summed E-state index contributed by atoms with van der Waals surface area (Å²) in [5, 5.41) is 0. The number of carbonyl (C=O) groups excluding carboxylic acids is 1. The van der Waals surface area contributed by atoms with Gasteiger partial charge in [0.15, 0.2) is 0 Å². The number of halogens is 1. The minimum atomic E-state index is -0.586. The van der Waals surface area contributed by atoms with Gasteiger partial charge in [0.1, 0.15) is 30.3 Å². The second-order valence-electron chi connectivity index (χ2n) is 6.61. The highest BCUT2D eigenvalue weighted by atomic mass is 79.9. The van der Waals surface area contributed by atoms with Crippen LogP contribution in [0, 0.1) is 0 Å². The molecule has 0 aliphatic rings. The van der Waals surface area contributed by atoms with Crippen molar-refractivity contribution in [2.75, 3.05) is 24.7 Å². The number of nitrogen functional groups attached to an aromatic ring is 2. The van der Waals surface area contributed by atoms with Gasteiger partial charge >= 0.3 is 5.97 Å². The van der Waals surface area contributed by atoms with Crippen LogP contribution in [-0.4, -0.2) is 24.8 Å². The fourth-order valence-corrected chi connectivity index (χ4v) is 2.59. The maximum Gasteiger partial charge on any atom is 0.339 e. The highest BCUT2D eigenvalue weighted by molar-refractivity contribution is 9.10. The summed E-state index contributed by atoms with van der Waals surface area (Å²) in [6.07, 6.45) is 0. The van der Waals surface area contributed by atoms with Crippen molar-refractivity contribution in [3.63, 3.8) is 0 Å². The second-order valence-corrected chi connectivity index (χ2v) is 7.46. The number of rotatable bonds is 6. The minimum Gasteiger partial charge on any atom is -0.488 e. The molecule has 0 fully saturated rings. The lowest BCUT2D eigenvalue weighted by Crippen LogP contribution is -2.24. The quantitative estimate of drug-likeness (QED) is 0.414. The maximum atomic E-state index is 12.2. The molecule has 0 saturated heterocycles. The normalized spacial score (nSPS) is 11.1. The molecule has 0 bridgehead atoms. The van der Waals surface area contributed by atoms with Crippen molar-refractivity contribution >= 4 is 33.3 Å². The third kappa shape index (κ3) is 5.56. The molecule has 4 N–H and O–H groups in total. The predicted molar refractivity (Wildman–Crippen MR) is 106 cm³/mol. The van der Waals surface area contributed by atoms with E-state index in [9.17, 15) is 4.79 Å². The summed E-state index contributed by atoms with van der Waals surface area (Å²) in [5.41, 5.74) is 12.5. The van der Waals surface area contributed by atoms with Gasteiger partial charge in [0.05, 0.1) is 16.9 Å². The second kappa shape index (κ2) is 8.31. The number of hydrogen-bond donors (Lipinski definition) is 2. The number of ether oxygens (including phenoxy) is 3. The van der Waals surface area contributed by atoms with Crippen molar-refractivity contribution in [1.82, 2.24) is 0 Å². The smallest absolute Gasteiger partial charge is 0.339 e. The molecule has 0 heterocycles. The highest BCUT2D eigenvalue weighted by Gasteiger charge is 2.21. The summed E-state index contributed by atoms with van der Waals surface area (Å²) in [5.74, 6) is 0.602. The van der Waals surface area contributed by atoms with Crippen molar-refractivity contribution in [1.29, 1.82) is 0 Å². The summed E-state index contributed by atoms with van der Waals surface area (Å²) >= 11 is 3.36. The van der Waals surface area contributed by atoms with E-state index in [2.05, 4.69) is 15.9 Å². The largest absolute Gasteiger partial charge is 0.488 e. The van der Waals surface area contributed by atoms with Gasteiger partial charge in [-0.2, -0.15) is 0 Å². The van der Waals surface area contributed by atoms with E-state index in [0.717, 1.165) is 0 Å². The topological polar surface area (TPSA) is 96.8 Å². The number of carbonyl (C=O) groups is 1. The SMILES string of the molecule is CC(C)(C)OC(=O)c1cc(N)c(OCCOc2ccccc2N)cc1Br. The van der Waals surface area contributed by atoms with Gasteiger partial charge in [-0.1, -0.05) is 12.1 Å². The van der Waals surface area contributed by atoms with Crippen molar-refractivity contribution in [2.24, 2.45) is 0 Å². The van der Waals surface area contributed by atoms with Gasteiger partial charge in [-0.3, -0.25) is 0 Å². The van der Waals surface area contributed by atoms with E-state index in [-0.39, 0.29) is 6.61 Å². The van der Waals surface area contributed by atoms with E-state index in [1.165, 1.54) is 6.07 Å². The van der Waals surface area contributed by atoms with Crippen LogP contribution < -0.4 is 20.9 Å². The van der Waals surface area contributed by atoms with Crippen molar-refractivity contribution in [3.8, 4) is 11.5 Å². The van der Waals surface area contributed by atoms with E-state index < -0.39 is 11.6 Å². The van der Waals surface area contributed by atoms with Crippen LogP contribution in [0.3, 0.4) is 0 Å². The van der Waals surface area contributed by atoms with Crippen LogP contribution in [0.15, 0.2) is 40.9 Å². The summed E-state index contributed by atoms with van der Waals surface area (Å²) in [6, 6.07) is 10.4. The molecule has 26 heavy (non-hydrogen) atoms. The molecule has 0 radical (unpaired) electrons. The fourth-order valence-electron chi connectivity index (χ4n) is 2.10. The first-order chi connectivity index (χ1) is 12.2. The molecule has 7 heteroatoms. The Kier molecular flexibility index (Phi) is 6.37. The molecular weight excluding hydrogens is 400 g/mol. The highest BCUT2D eigenvalue weighted by Crippen LogP contribution is 2.31. The minimum absolute atomic E-state index is 0.275. The summed E-state index contributed by atoms with van der Waals surface area (Å²) < 4.78 is 17.1. The Morgan fingerprint density at radius 2 is 1.62 bits per heavy atom. The zero-order valence-electron chi connectivity index (χ0n) is 15.0. The Morgan fingerprint density at radius 3 is 2.23 bits per heavy atom. The molecule has 6 nitrogen and oxygen atoms in total. The van der Waals surface area contributed by atoms with Gasteiger partial charge in [0.25, 0.3) is 0 Å². The fraction of sp³-hybridized carbons (Fsp3) is 0.316. The molecule has 0 aromatic heterocycles. The number of anilines is 2. The van der Waals surface area contributed by atoms with Gasteiger partial charge < -0.3 is 25.7 Å². The van der Waals surface area contributed by atoms with E-state index in [1.807, 2.05) is 12.1 Å². The predicted octanol–water partition coefficient (Wildman–Crippen LogP) is 4.03. The Hall–Kier alpha value is -2.41. The third-order valence-electron chi connectivity index (χ3n) is 3.24. The number of esters is 1. The molecule has 140 valence electrons. The first-order valence-corrected chi connectivity index (χ1v) is 8.89. The monoisotopic (exact) mass is 422 g/mol. The average Bonchev–Trinajstić information content (AvgIpc) is 2.54. The molecule has 0 saturated carbocycles. The van der Waals surface area contributed by atoms with Crippen molar-refractivity contribution in [2.45, 2.75) is 26.4 Å². The lowest BCUT2D eigenvalue weighted by Gasteiger charge is -2.20. The maximum absolute atomic E-state index is 12.2. The van der Waals surface area contributed by atoms with Crippen LogP contribution in [0.4, 0.5) is 11.4 Å². The summed E-state index contributed by atoms with van der Waals surface area (Å²) in [6.45, 7) is 5.99. The molecule has 0 atom stereocenters. The van der Waals surface area contributed by atoms with Gasteiger partial charge in [-0.05, 0) is 61.0 Å². The zero-order chi connectivity index (χ0) is 19.3. The molecule has 2 rings (SSSR count). The molecular formula is C19H23BrN2O4. The summed E-state index contributed by atoms with van der Waals surface area (Å²) in [7, 11) is 0. The Labute approximate surface area is 161 Å². The number of para-hydroxylation sites is 2. The molecule has 0 spiro atoms. The molecule has 2 aromatic carbocycles. The molecule has 0 amide bonds. The van der Waals surface area contributed by atoms with E-state index in [1.54, 1.807) is 39.0 Å². The van der Waals surface area contributed by atoms with Crippen LogP contribution in [0.5, 0.6) is 11.5 Å². The van der Waals surface area contributed by atoms with E-state index >= 15 is 0 Å². The summed E-state index contributed by atoms with van der Waals surface area (Å²) in [4.78, 5) is 12.2. The zero-order valence-corrected chi connectivity index (χ0v) is 16.6. The molecule has 0 aliphatic carbocycles. The van der Waals surface area contributed by atoms with Crippen molar-refractivity contribution < 1.29 is 19.0 Å². The number of nitrogens with two attached hydrogens (primary N) is 2. The Balaban J connectivity index is 1.97. The van der Waals surface area contributed by atoms with E-state index in [0.29, 0.717) is 39.5 Å². The Morgan fingerprint density at radius 1 is 1.00 bits per heavy atom. The van der Waals surface area contributed by atoms with E-state index in [4.69, 9.17) is 25.7 Å². The lowest BCUT2D eigenvalue weighted by atomic mass is 10.1. The third-order valence-corrected chi connectivity index (χ3v) is 3.89. The number of hydrogen-bond acceptors (Lipinski definition) is 6. The van der Waals surface area contributed by atoms with Gasteiger partial charge in [0, 0.05) is 4.47 Å². The molecule has 2 aromatic rings. The molecule has 0 unspecified atom stereocenters. The van der Waals surface area contributed by atoms with Crippen LogP contribution in [0.1, 0.15) is 31.1 Å². The average molecular weight is 423 g/mol.